The Kier molecular flexibility index (Phi) is 1.90. The van der Waals surface area contributed by atoms with Crippen LogP contribution in [0.2, 0.25) is 0 Å². The molecule has 0 radical (unpaired) electrons. The quantitative estimate of drug-likeness (QED) is 0.694. The number of hydrogen-bond acceptors (Lipinski definition) is 2. The molecule has 2 N–H and O–H groups in total. The van der Waals surface area contributed by atoms with E-state index in [1.54, 1.807) is 0 Å². The lowest BCUT2D eigenvalue weighted by Gasteiger charge is -2.40. The third kappa shape index (κ3) is 1.06. The van der Waals surface area contributed by atoms with Gasteiger partial charge in [0.05, 0.1) is 18.6 Å². The molecule has 3 nitrogen and oxygen atoms in total. The molecule has 0 aliphatic carbocycles. The van der Waals surface area contributed by atoms with Crippen LogP contribution in [-0.4, -0.2) is 29.9 Å². The first-order chi connectivity index (χ1) is 5.87. The average molecular weight is 167 g/mol. The predicted octanol–water partition coefficient (Wildman–Crippen LogP) is 0.665. The van der Waals surface area contributed by atoms with Gasteiger partial charge in [-0.25, -0.2) is 0 Å². The van der Waals surface area contributed by atoms with Crippen molar-refractivity contribution in [3.8, 4) is 0 Å². The molecule has 1 fully saturated rings. The zero-order valence-electron chi connectivity index (χ0n) is 6.92. The fourth-order valence-corrected chi connectivity index (χ4v) is 1.66. The number of rotatable bonds is 3. The van der Waals surface area contributed by atoms with Crippen molar-refractivity contribution in [3.05, 3.63) is 24.0 Å². The number of aliphatic hydroxyl groups is 1. The average Bonchev–Trinajstić information content (AvgIpc) is 2.48. The van der Waals surface area contributed by atoms with Crippen LogP contribution >= 0.6 is 0 Å². The number of aliphatic hydroxyl groups excluding tert-OH is 1. The number of ether oxygens (including phenoxy) is 1. The van der Waals surface area contributed by atoms with Crippen LogP contribution in [0.5, 0.6) is 0 Å². The Morgan fingerprint density at radius 2 is 2.42 bits per heavy atom. The number of hydrogen-bond donors (Lipinski definition) is 2. The lowest BCUT2D eigenvalue weighted by Crippen LogP contribution is -2.47. The summed E-state index contributed by atoms with van der Waals surface area (Å²) in [5.74, 6) is 0. The third-order valence-electron chi connectivity index (χ3n) is 2.52. The van der Waals surface area contributed by atoms with Crippen molar-refractivity contribution in [1.29, 1.82) is 0 Å². The second kappa shape index (κ2) is 2.92. The van der Waals surface area contributed by atoms with Crippen molar-refractivity contribution in [2.24, 2.45) is 0 Å². The van der Waals surface area contributed by atoms with Crippen LogP contribution in [-0.2, 0) is 10.2 Å². The van der Waals surface area contributed by atoms with Gasteiger partial charge in [0.25, 0.3) is 0 Å². The number of nitrogens with one attached hydrogen (secondary N) is 1. The predicted molar refractivity (Wildman–Crippen MR) is 45.0 cm³/mol. The van der Waals surface area contributed by atoms with Crippen molar-refractivity contribution in [3.63, 3.8) is 0 Å². The van der Waals surface area contributed by atoms with Crippen LogP contribution < -0.4 is 0 Å². The summed E-state index contributed by atoms with van der Waals surface area (Å²) in [6.45, 7) is 1.69. The minimum Gasteiger partial charge on any atom is -0.396 e. The molecule has 0 aromatic carbocycles. The van der Waals surface area contributed by atoms with Crippen LogP contribution in [0.15, 0.2) is 18.3 Å². The van der Waals surface area contributed by atoms with E-state index in [2.05, 4.69) is 11.1 Å². The maximum absolute atomic E-state index is 8.90. The zero-order chi connectivity index (χ0) is 8.44. The van der Waals surface area contributed by atoms with E-state index >= 15 is 0 Å². The Labute approximate surface area is 71.4 Å². The van der Waals surface area contributed by atoms with E-state index in [1.165, 1.54) is 5.69 Å². The fourth-order valence-electron chi connectivity index (χ4n) is 1.66. The molecule has 1 aromatic heterocycles. The highest BCUT2D eigenvalue weighted by molar-refractivity contribution is 5.20. The largest absolute Gasteiger partial charge is 0.396 e. The third-order valence-corrected chi connectivity index (χ3v) is 2.52. The summed E-state index contributed by atoms with van der Waals surface area (Å²) in [5.41, 5.74) is 1.25. The van der Waals surface area contributed by atoms with E-state index in [1.807, 2.05) is 12.3 Å². The van der Waals surface area contributed by atoms with Gasteiger partial charge in [-0.2, -0.15) is 0 Å². The summed E-state index contributed by atoms with van der Waals surface area (Å²) in [6.07, 6.45) is 2.69. The lowest BCUT2D eigenvalue weighted by molar-refractivity contribution is -0.0719. The molecule has 1 aromatic rings. The minimum atomic E-state index is 0.0677. The molecular weight excluding hydrogens is 154 g/mol. The Morgan fingerprint density at radius 1 is 1.58 bits per heavy atom. The maximum Gasteiger partial charge on any atom is 0.0600 e. The first-order valence-electron chi connectivity index (χ1n) is 4.20. The summed E-state index contributed by atoms with van der Waals surface area (Å²) in [4.78, 5) is 3.17. The Bertz CT molecular complexity index is 239. The van der Waals surface area contributed by atoms with Crippen molar-refractivity contribution in [2.45, 2.75) is 11.8 Å². The molecule has 66 valence electrons. The highest BCUT2D eigenvalue weighted by atomic mass is 16.5. The first-order valence-corrected chi connectivity index (χ1v) is 4.20. The van der Waals surface area contributed by atoms with E-state index in [4.69, 9.17) is 9.84 Å². The van der Waals surface area contributed by atoms with Gasteiger partial charge in [-0.15, -0.1) is 0 Å². The molecule has 0 spiro atoms. The number of H-pyrrole nitrogens is 1. The standard InChI is InChI=1S/C9H13NO2/c11-5-3-9(6-12-7-9)8-2-1-4-10-8/h1-2,4,10-11H,3,5-7H2. The van der Waals surface area contributed by atoms with Crippen LogP contribution in [0.1, 0.15) is 12.1 Å². The van der Waals surface area contributed by atoms with Crippen LogP contribution in [0.4, 0.5) is 0 Å². The van der Waals surface area contributed by atoms with Crippen LogP contribution in [0.3, 0.4) is 0 Å². The van der Waals surface area contributed by atoms with Crippen LogP contribution in [0.25, 0.3) is 0 Å². The van der Waals surface area contributed by atoms with E-state index in [9.17, 15) is 0 Å². The van der Waals surface area contributed by atoms with Crippen molar-refractivity contribution >= 4 is 0 Å². The fraction of sp³-hybridized carbons (Fsp3) is 0.556. The van der Waals surface area contributed by atoms with Gasteiger partial charge in [0.2, 0.25) is 0 Å². The Balaban J connectivity index is 2.17. The van der Waals surface area contributed by atoms with E-state index in [0.717, 1.165) is 19.6 Å². The lowest BCUT2D eigenvalue weighted by atomic mass is 9.79. The van der Waals surface area contributed by atoms with E-state index in [0.29, 0.717) is 0 Å². The molecule has 2 heterocycles. The Hall–Kier alpha value is -0.800. The van der Waals surface area contributed by atoms with Crippen molar-refractivity contribution in [1.82, 2.24) is 4.98 Å². The zero-order valence-corrected chi connectivity index (χ0v) is 6.92. The molecule has 12 heavy (non-hydrogen) atoms. The molecule has 2 rings (SSSR count). The Morgan fingerprint density at radius 3 is 2.83 bits per heavy atom. The smallest absolute Gasteiger partial charge is 0.0600 e. The van der Waals surface area contributed by atoms with E-state index in [-0.39, 0.29) is 12.0 Å². The molecule has 0 bridgehead atoms. The highest BCUT2D eigenvalue weighted by Crippen LogP contribution is 2.34. The van der Waals surface area contributed by atoms with E-state index < -0.39 is 0 Å². The highest BCUT2D eigenvalue weighted by Gasteiger charge is 2.40. The first kappa shape index (κ1) is 7.83. The summed E-state index contributed by atoms with van der Waals surface area (Å²) < 4.78 is 5.18. The summed E-state index contributed by atoms with van der Waals surface area (Å²) >= 11 is 0. The molecule has 3 heteroatoms. The van der Waals surface area contributed by atoms with Gasteiger partial charge in [-0.05, 0) is 18.6 Å². The normalized spacial score (nSPS) is 20.4. The molecule has 0 atom stereocenters. The summed E-state index contributed by atoms with van der Waals surface area (Å²) in [5, 5.41) is 8.90. The molecule has 0 amide bonds. The van der Waals surface area contributed by atoms with Gasteiger partial charge in [0, 0.05) is 18.5 Å². The minimum absolute atomic E-state index is 0.0677. The second-order valence-electron chi connectivity index (χ2n) is 3.33. The molecular formula is C9H13NO2. The monoisotopic (exact) mass is 167 g/mol. The molecule has 1 aliphatic rings. The number of aromatic nitrogens is 1. The maximum atomic E-state index is 8.90. The molecule has 1 saturated heterocycles. The number of aromatic amines is 1. The second-order valence-corrected chi connectivity index (χ2v) is 3.33. The molecule has 0 unspecified atom stereocenters. The SMILES string of the molecule is OCCC1(c2ccc[nH]2)COC1. The molecule has 1 aliphatic heterocycles. The van der Waals surface area contributed by atoms with Gasteiger partial charge in [-0.1, -0.05) is 0 Å². The topological polar surface area (TPSA) is 45.2 Å². The van der Waals surface area contributed by atoms with Crippen LogP contribution in [0, 0.1) is 0 Å². The van der Waals surface area contributed by atoms with Gasteiger partial charge in [0.1, 0.15) is 0 Å². The van der Waals surface area contributed by atoms with Gasteiger partial charge in [-0.3, -0.25) is 0 Å². The van der Waals surface area contributed by atoms with Crippen molar-refractivity contribution < 1.29 is 9.84 Å². The van der Waals surface area contributed by atoms with Gasteiger partial charge >= 0.3 is 0 Å². The van der Waals surface area contributed by atoms with Gasteiger partial charge < -0.3 is 14.8 Å². The summed E-state index contributed by atoms with van der Waals surface area (Å²) in [6, 6.07) is 4.03. The summed E-state index contributed by atoms with van der Waals surface area (Å²) in [7, 11) is 0. The molecule has 0 saturated carbocycles. The van der Waals surface area contributed by atoms with Crippen molar-refractivity contribution in [2.75, 3.05) is 19.8 Å². The van der Waals surface area contributed by atoms with Gasteiger partial charge in [0.15, 0.2) is 0 Å².